The highest BCUT2D eigenvalue weighted by atomic mass is 32.1. The Morgan fingerprint density at radius 1 is 1.15 bits per heavy atom. The molecule has 4 nitrogen and oxygen atoms in total. The minimum Gasteiger partial charge on any atom is -0.263 e. The number of aromatic nitrogens is 4. The third kappa shape index (κ3) is 2.53. The highest BCUT2D eigenvalue weighted by Crippen LogP contribution is 2.40. The summed E-state index contributed by atoms with van der Waals surface area (Å²) in [5.41, 5.74) is 6.81. The molecule has 4 aromatic rings. The van der Waals surface area contributed by atoms with Crippen LogP contribution in [-0.4, -0.2) is 19.6 Å². The molecule has 0 aromatic carbocycles. The lowest BCUT2D eigenvalue weighted by atomic mass is 9.95. The van der Waals surface area contributed by atoms with Gasteiger partial charge in [0.2, 0.25) is 0 Å². The number of nitrogens with zero attached hydrogens (tertiary/aromatic N) is 4. The van der Waals surface area contributed by atoms with E-state index in [0.717, 1.165) is 35.6 Å². The first-order valence-corrected chi connectivity index (χ1v) is 10.1. The van der Waals surface area contributed by atoms with Gasteiger partial charge >= 0.3 is 0 Å². The topological polar surface area (TPSA) is 43.1 Å². The van der Waals surface area contributed by atoms with Crippen LogP contribution < -0.4 is 0 Å². The second-order valence-corrected chi connectivity index (χ2v) is 8.02. The Labute approximate surface area is 157 Å². The van der Waals surface area contributed by atoms with Crippen molar-refractivity contribution < 1.29 is 0 Å². The highest BCUT2D eigenvalue weighted by Gasteiger charge is 2.22. The summed E-state index contributed by atoms with van der Waals surface area (Å²) >= 11 is 1.78. The third-order valence-corrected chi connectivity index (χ3v) is 6.54. The summed E-state index contributed by atoms with van der Waals surface area (Å²) in [6, 6.07) is 4.31. The molecule has 0 aliphatic heterocycles. The van der Waals surface area contributed by atoms with Crippen LogP contribution in [0.1, 0.15) is 55.1 Å². The van der Waals surface area contributed by atoms with Gasteiger partial charge in [0.05, 0.1) is 21.0 Å². The molecule has 5 heteroatoms. The van der Waals surface area contributed by atoms with Gasteiger partial charge in [-0.05, 0) is 62.6 Å². The van der Waals surface area contributed by atoms with Crippen molar-refractivity contribution in [1.82, 2.24) is 19.6 Å². The molecule has 4 aromatic heterocycles. The minimum absolute atomic E-state index is 0.515. The number of pyridine rings is 1. The van der Waals surface area contributed by atoms with Gasteiger partial charge in [0.25, 0.3) is 0 Å². The lowest BCUT2D eigenvalue weighted by Gasteiger charge is -2.14. The average molecular weight is 365 g/mol. The molecule has 0 amide bonds. The highest BCUT2D eigenvalue weighted by molar-refractivity contribution is 7.22. The standard InChI is InChI=1S/C21H24N4S/c1-6-15(7-2)17-10-12(3)24-25-19(14(5)23-21(17)25)20-13(4)16-8-9-22-11-18(16)26-20/h8-11,15H,6-7H2,1-5H3. The first-order valence-electron chi connectivity index (χ1n) is 9.25. The van der Waals surface area contributed by atoms with E-state index in [9.17, 15) is 0 Å². The van der Waals surface area contributed by atoms with E-state index in [1.54, 1.807) is 11.3 Å². The molecule has 0 bridgehead atoms. The second-order valence-electron chi connectivity index (χ2n) is 6.96. The van der Waals surface area contributed by atoms with Crippen molar-refractivity contribution in [2.75, 3.05) is 0 Å². The van der Waals surface area contributed by atoms with Crippen LogP contribution in [0, 0.1) is 20.8 Å². The first kappa shape index (κ1) is 17.2. The van der Waals surface area contributed by atoms with E-state index in [1.165, 1.54) is 26.1 Å². The Morgan fingerprint density at radius 3 is 2.62 bits per heavy atom. The van der Waals surface area contributed by atoms with Crippen molar-refractivity contribution in [1.29, 1.82) is 0 Å². The summed E-state index contributed by atoms with van der Waals surface area (Å²) in [6.07, 6.45) is 6.04. The van der Waals surface area contributed by atoms with Gasteiger partial charge in [0.15, 0.2) is 5.65 Å². The van der Waals surface area contributed by atoms with Gasteiger partial charge in [-0.25, -0.2) is 9.50 Å². The normalized spacial score (nSPS) is 11.9. The molecule has 134 valence electrons. The maximum absolute atomic E-state index is 4.95. The molecule has 0 spiro atoms. The molecular weight excluding hydrogens is 340 g/mol. The molecule has 0 saturated carbocycles. The van der Waals surface area contributed by atoms with Gasteiger partial charge in [-0.15, -0.1) is 11.3 Å². The predicted octanol–water partition coefficient (Wildman–Crippen LogP) is 5.83. The summed E-state index contributed by atoms with van der Waals surface area (Å²) in [5.74, 6) is 0.515. The fraction of sp³-hybridized carbons (Fsp3) is 0.381. The van der Waals surface area contributed by atoms with Crippen LogP contribution in [0.15, 0.2) is 24.5 Å². The Hall–Kier alpha value is -2.27. The van der Waals surface area contributed by atoms with E-state index >= 15 is 0 Å². The fourth-order valence-electron chi connectivity index (χ4n) is 3.87. The summed E-state index contributed by atoms with van der Waals surface area (Å²) in [4.78, 5) is 10.5. The van der Waals surface area contributed by atoms with E-state index in [0.29, 0.717) is 5.92 Å². The van der Waals surface area contributed by atoms with E-state index in [2.05, 4.69) is 56.3 Å². The van der Waals surface area contributed by atoms with Crippen LogP contribution >= 0.6 is 11.3 Å². The van der Waals surface area contributed by atoms with Crippen molar-refractivity contribution in [2.45, 2.75) is 53.4 Å². The van der Waals surface area contributed by atoms with Gasteiger partial charge in [0.1, 0.15) is 5.69 Å². The third-order valence-electron chi connectivity index (χ3n) is 5.29. The Balaban J connectivity index is 2.04. The fourth-order valence-corrected chi connectivity index (χ4v) is 5.13. The van der Waals surface area contributed by atoms with Gasteiger partial charge in [0, 0.05) is 18.0 Å². The van der Waals surface area contributed by atoms with Crippen molar-refractivity contribution in [3.05, 3.63) is 47.0 Å². The molecule has 0 saturated heterocycles. The SMILES string of the molecule is CCC(CC)c1cc(C)nn2c(-c3sc4cnccc4c3C)c(C)nc12. The maximum atomic E-state index is 4.95. The van der Waals surface area contributed by atoms with Crippen LogP contribution in [0.3, 0.4) is 0 Å². The van der Waals surface area contributed by atoms with E-state index in [1.807, 2.05) is 12.4 Å². The van der Waals surface area contributed by atoms with E-state index in [-0.39, 0.29) is 0 Å². The minimum atomic E-state index is 0.515. The second kappa shape index (κ2) is 6.47. The molecule has 0 atom stereocenters. The van der Waals surface area contributed by atoms with Gasteiger partial charge in [-0.3, -0.25) is 4.98 Å². The van der Waals surface area contributed by atoms with E-state index < -0.39 is 0 Å². The Kier molecular flexibility index (Phi) is 4.27. The van der Waals surface area contributed by atoms with Crippen LogP contribution in [0.25, 0.3) is 26.3 Å². The van der Waals surface area contributed by atoms with Gasteiger partial charge < -0.3 is 0 Å². The molecular formula is C21H24N4S. The molecule has 26 heavy (non-hydrogen) atoms. The number of hydrogen-bond donors (Lipinski definition) is 0. The number of hydrogen-bond acceptors (Lipinski definition) is 4. The summed E-state index contributed by atoms with van der Waals surface area (Å²) in [6.45, 7) is 10.9. The zero-order valence-corrected chi connectivity index (χ0v) is 16.8. The van der Waals surface area contributed by atoms with Crippen LogP contribution in [0.4, 0.5) is 0 Å². The summed E-state index contributed by atoms with van der Waals surface area (Å²) < 4.78 is 3.28. The number of rotatable bonds is 4. The van der Waals surface area contributed by atoms with Gasteiger partial charge in [-0.2, -0.15) is 5.10 Å². The van der Waals surface area contributed by atoms with Gasteiger partial charge in [-0.1, -0.05) is 13.8 Å². The number of fused-ring (bicyclic) bond motifs is 2. The van der Waals surface area contributed by atoms with Crippen LogP contribution in [0.2, 0.25) is 0 Å². The van der Waals surface area contributed by atoms with Crippen molar-refractivity contribution in [2.24, 2.45) is 0 Å². The molecule has 0 unspecified atom stereocenters. The Morgan fingerprint density at radius 2 is 1.92 bits per heavy atom. The zero-order valence-electron chi connectivity index (χ0n) is 16.0. The number of aryl methyl sites for hydroxylation is 3. The van der Waals surface area contributed by atoms with Crippen LogP contribution in [0.5, 0.6) is 0 Å². The lowest BCUT2D eigenvalue weighted by Crippen LogP contribution is -2.05. The largest absolute Gasteiger partial charge is 0.263 e. The summed E-state index contributed by atoms with van der Waals surface area (Å²) in [7, 11) is 0. The molecule has 0 radical (unpaired) electrons. The molecule has 0 fully saturated rings. The molecule has 0 N–H and O–H groups in total. The molecule has 4 heterocycles. The number of thiophene rings is 1. The van der Waals surface area contributed by atoms with E-state index in [4.69, 9.17) is 10.1 Å². The number of imidazole rings is 1. The lowest BCUT2D eigenvalue weighted by molar-refractivity contribution is 0.638. The molecule has 0 aliphatic carbocycles. The monoisotopic (exact) mass is 364 g/mol. The quantitative estimate of drug-likeness (QED) is 0.457. The summed E-state index contributed by atoms with van der Waals surface area (Å²) in [5, 5.41) is 6.11. The van der Waals surface area contributed by atoms with Crippen molar-refractivity contribution >= 4 is 27.1 Å². The van der Waals surface area contributed by atoms with Crippen molar-refractivity contribution in [3.8, 4) is 10.6 Å². The van der Waals surface area contributed by atoms with Crippen molar-refractivity contribution in [3.63, 3.8) is 0 Å². The Bertz CT molecular complexity index is 1100. The average Bonchev–Trinajstić information content (AvgIpc) is 3.13. The zero-order chi connectivity index (χ0) is 18.4. The maximum Gasteiger partial charge on any atom is 0.158 e. The van der Waals surface area contributed by atoms with Crippen LogP contribution in [-0.2, 0) is 0 Å². The molecule has 0 aliphatic rings. The predicted molar refractivity (Wildman–Crippen MR) is 109 cm³/mol. The first-order chi connectivity index (χ1) is 12.5. The smallest absolute Gasteiger partial charge is 0.158 e. The molecule has 4 rings (SSSR count).